The van der Waals surface area contributed by atoms with Crippen LogP contribution in [0.5, 0.6) is 0 Å². The Balaban J connectivity index is 2.84. The number of aliphatic hydroxyl groups is 4. The Kier molecular flexibility index (Phi) is 1.02. The second-order valence-corrected chi connectivity index (χ2v) is 1.71. The third kappa shape index (κ3) is 0.775. The third-order valence-corrected chi connectivity index (χ3v) is 0.978. The van der Waals surface area contributed by atoms with Crippen molar-refractivity contribution < 1.29 is 20.4 Å². The van der Waals surface area contributed by atoms with Crippen LogP contribution in [0.15, 0.2) is 4.99 Å². The van der Waals surface area contributed by atoms with Gasteiger partial charge in [-0.3, -0.25) is 0 Å². The summed E-state index contributed by atoms with van der Waals surface area (Å²) in [6.45, 7) is 0. The van der Waals surface area contributed by atoms with Gasteiger partial charge in [0.15, 0.2) is 0 Å². The molecule has 1 heterocycles. The zero-order valence-corrected chi connectivity index (χ0v) is 4.31. The zero-order chi connectivity index (χ0) is 7.12. The first-order valence-corrected chi connectivity index (χ1v) is 2.16. The van der Waals surface area contributed by atoms with Gasteiger partial charge in [0, 0.05) is 0 Å². The highest BCUT2D eigenvalue weighted by Gasteiger charge is 2.51. The molecule has 0 saturated heterocycles. The lowest BCUT2D eigenvalue weighted by Crippen LogP contribution is -2.57. The van der Waals surface area contributed by atoms with Gasteiger partial charge < -0.3 is 25.7 Å². The summed E-state index contributed by atoms with van der Waals surface area (Å²) in [5, 5.41) is 35.9. The highest BCUT2D eigenvalue weighted by atomic mass is 16.6. The predicted octanol–water partition coefficient (Wildman–Crippen LogP) is -3.11. The van der Waals surface area contributed by atoms with Crippen LogP contribution in [0.4, 0.5) is 0 Å². The number of nitrogens with zero attached hydrogens (tertiary/aromatic N) is 1. The number of hydrogen-bond acceptors (Lipinski definition) is 6. The fourth-order valence-electron chi connectivity index (χ4n) is 0.399. The van der Waals surface area contributed by atoms with Crippen LogP contribution in [0, 0.1) is 0 Å². The molecule has 6 nitrogen and oxygen atoms in total. The van der Waals surface area contributed by atoms with Crippen LogP contribution in [0.25, 0.3) is 0 Å². The van der Waals surface area contributed by atoms with Crippen LogP contribution < -0.4 is 5.32 Å². The minimum atomic E-state index is -2.84. The van der Waals surface area contributed by atoms with Crippen molar-refractivity contribution in [3.05, 3.63) is 0 Å². The Morgan fingerprint density at radius 2 is 1.78 bits per heavy atom. The van der Waals surface area contributed by atoms with E-state index in [-0.39, 0.29) is 0 Å². The fourth-order valence-corrected chi connectivity index (χ4v) is 0.399. The molecule has 0 radical (unpaired) electrons. The van der Waals surface area contributed by atoms with Crippen molar-refractivity contribution in [3.8, 4) is 0 Å². The van der Waals surface area contributed by atoms with E-state index in [1.807, 2.05) is 0 Å². The van der Waals surface area contributed by atoms with Crippen molar-refractivity contribution in [1.29, 1.82) is 0 Å². The van der Waals surface area contributed by atoms with Gasteiger partial charge in [0.25, 0.3) is 0 Å². The van der Waals surface area contributed by atoms with E-state index < -0.39 is 11.8 Å². The molecular weight excluding hydrogens is 128 g/mol. The molecule has 6 heteroatoms. The van der Waals surface area contributed by atoms with Gasteiger partial charge in [-0.15, -0.1) is 0 Å². The maximum absolute atomic E-state index is 8.54. The first kappa shape index (κ1) is 6.43. The first-order valence-electron chi connectivity index (χ1n) is 2.16. The summed E-state index contributed by atoms with van der Waals surface area (Å²) in [5.41, 5.74) is 0. The molecule has 0 aromatic rings. The van der Waals surface area contributed by atoms with Gasteiger partial charge in [0.05, 0.1) is 6.34 Å². The first-order chi connectivity index (χ1) is 3.96. The van der Waals surface area contributed by atoms with Crippen LogP contribution in [0.2, 0.25) is 0 Å². The van der Waals surface area contributed by atoms with Crippen LogP contribution in [-0.4, -0.2) is 38.6 Å². The molecule has 9 heavy (non-hydrogen) atoms. The maximum atomic E-state index is 8.54. The lowest BCUT2D eigenvalue weighted by atomic mass is 10.4. The van der Waals surface area contributed by atoms with Gasteiger partial charge in [0.2, 0.25) is 0 Å². The molecule has 1 aliphatic rings. The highest BCUT2D eigenvalue weighted by Crippen LogP contribution is 2.17. The summed E-state index contributed by atoms with van der Waals surface area (Å²) in [6.07, 6.45) is 0.792. The summed E-state index contributed by atoms with van der Waals surface area (Å²) in [7, 11) is 0. The molecule has 0 aromatic heterocycles. The quantitative estimate of drug-likeness (QED) is 0.226. The van der Waals surface area contributed by atoms with Crippen LogP contribution in [0.3, 0.4) is 0 Å². The van der Waals surface area contributed by atoms with E-state index in [1.54, 1.807) is 5.32 Å². The number of rotatable bonds is 0. The lowest BCUT2D eigenvalue weighted by molar-refractivity contribution is -0.350. The van der Waals surface area contributed by atoms with Crippen LogP contribution in [-0.2, 0) is 0 Å². The highest BCUT2D eigenvalue weighted by molar-refractivity contribution is 5.58. The zero-order valence-electron chi connectivity index (χ0n) is 4.31. The largest absolute Gasteiger partial charge is 0.344 e. The second kappa shape index (κ2) is 1.42. The molecule has 5 N–H and O–H groups in total. The normalized spacial score (nSPS) is 28.0. The molecule has 0 saturated carbocycles. The van der Waals surface area contributed by atoms with E-state index in [0.29, 0.717) is 0 Å². The Morgan fingerprint density at radius 1 is 1.22 bits per heavy atom. The van der Waals surface area contributed by atoms with E-state index in [1.165, 1.54) is 0 Å². The van der Waals surface area contributed by atoms with Gasteiger partial charge in [0.1, 0.15) is 0 Å². The SMILES string of the molecule is OC1(O)N=CNC1(O)O. The van der Waals surface area contributed by atoms with Crippen molar-refractivity contribution in [3.63, 3.8) is 0 Å². The molecule has 0 amide bonds. The number of nitrogens with one attached hydrogen (secondary N) is 1. The topological polar surface area (TPSA) is 105 Å². The monoisotopic (exact) mass is 134 g/mol. The molecule has 0 atom stereocenters. The average molecular weight is 134 g/mol. The molecule has 0 spiro atoms. The molecule has 0 fully saturated rings. The van der Waals surface area contributed by atoms with Gasteiger partial charge in [-0.05, 0) is 0 Å². The number of hydrogen-bond donors (Lipinski definition) is 5. The number of aliphatic imine (C=N–C) groups is 1. The summed E-state index contributed by atoms with van der Waals surface area (Å²) in [5.74, 6) is -5.61. The van der Waals surface area contributed by atoms with Crippen molar-refractivity contribution in [1.82, 2.24) is 5.32 Å². The molecule has 0 aromatic carbocycles. The maximum Gasteiger partial charge on any atom is 0.344 e. The minimum Gasteiger partial charge on any atom is -0.343 e. The van der Waals surface area contributed by atoms with Crippen molar-refractivity contribution >= 4 is 6.34 Å². The van der Waals surface area contributed by atoms with Crippen LogP contribution >= 0.6 is 0 Å². The Labute approximate surface area is 50.1 Å². The van der Waals surface area contributed by atoms with E-state index in [9.17, 15) is 0 Å². The molecule has 1 rings (SSSR count). The molecular formula is C3H6N2O4. The molecule has 0 unspecified atom stereocenters. The summed E-state index contributed by atoms with van der Waals surface area (Å²) < 4.78 is 0. The summed E-state index contributed by atoms with van der Waals surface area (Å²) in [6, 6.07) is 0. The van der Waals surface area contributed by atoms with Gasteiger partial charge >= 0.3 is 11.8 Å². The molecule has 1 aliphatic heterocycles. The summed E-state index contributed by atoms with van der Waals surface area (Å²) in [4.78, 5) is 2.90. The van der Waals surface area contributed by atoms with Gasteiger partial charge in [-0.2, -0.15) is 0 Å². The van der Waals surface area contributed by atoms with Crippen molar-refractivity contribution in [2.45, 2.75) is 11.8 Å². The fraction of sp³-hybridized carbons (Fsp3) is 0.667. The summed E-state index contributed by atoms with van der Waals surface area (Å²) >= 11 is 0. The van der Waals surface area contributed by atoms with Crippen LogP contribution in [0.1, 0.15) is 0 Å². The van der Waals surface area contributed by atoms with E-state index in [0.717, 1.165) is 6.34 Å². The third-order valence-electron chi connectivity index (χ3n) is 0.978. The van der Waals surface area contributed by atoms with Crippen molar-refractivity contribution in [2.75, 3.05) is 0 Å². The van der Waals surface area contributed by atoms with Crippen molar-refractivity contribution in [2.24, 2.45) is 4.99 Å². The molecule has 52 valence electrons. The van der Waals surface area contributed by atoms with Gasteiger partial charge in [-0.1, -0.05) is 0 Å². The van der Waals surface area contributed by atoms with E-state index >= 15 is 0 Å². The Bertz CT molecular complexity index is 152. The smallest absolute Gasteiger partial charge is 0.343 e. The molecule has 0 aliphatic carbocycles. The average Bonchev–Trinajstić information content (AvgIpc) is 1.81. The Hall–Kier alpha value is -0.690. The minimum absolute atomic E-state index is 0.792. The van der Waals surface area contributed by atoms with E-state index in [2.05, 4.69) is 4.99 Å². The van der Waals surface area contributed by atoms with E-state index in [4.69, 9.17) is 20.4 Å². The predicted molar refractivity (Wildman–Crippen MR) is 26.0 cm³/mol. The Morgan fingerprint density at radius 3 is 1.89 bits per heavy atom. The van der Waals surface area contributed by atoms with Gasteiger partial charge in [-0.25, -0.2) is 4.99 Å². The molecule has 0 bridgehead atoms. The second-order valence-electron chi connectivity index (χ2n) is 1.71. The lowest BCUT2D eigenvalue weighted by Gasteiger charge is -2.24. The standard InChI is InChI=1S/C3H6N2O4/c6-2(7)3(8,9)5-1-4-2/h1,6-9H,(H,4,5).